The van der Waals surface area contributed by atoms with Crippen molar-refractivity contribution in [1.82, 2.24) is 4.90 Å². The van der Waals surface area contributed by atoms with Crippen molar-refractivity contribution < 1.29 is 28.6 Å². The molecule has 0 atom stereocenters. The van der Waals surface area contributed by atoms with Crippen LogP contribution in [-0.2, 0) is 0 Å². The molecule has 0 bridgehead atoms. The summed E-state index contributed by atoms with van der Waals surface area (Å²) in [5, 5.41) is 23.9. The molecule has 4 aromatic carbocycles. The predicted molar refractivity (Wildman–Crippen MR) is 137 cm³/mol. The molecule has 5 rings (SSSR count). The molecule has 4 aromatic rings. The van der Waals surface area contributed by atoms with E-state index < -0.39 is 50.3 Å². The first-order valence-corrected chi connectivity index (χ1v) is 11.5. The van der Waals surface area contributed by atoms with Gasteiger partial charge < -0.3 is 4.90 Å². The number of anilines is 1. The Morgan fingerprint density at radius 1 is 0.821 bits per heavy atom. The van der Waals surface area contributed by atoms with E-state index in [1.54, 1.807) is 36.4 Å². The molecule has 0 saturated carbocycles. The second kappa shape index (κ2) is 9.74. The third-order valence-electron chi connectivity index (χ3n) is 6.34. The van der Waals surface area contributed by atoms with Crippen LogP contribution in [0.3, 0.4) is 0 Å². The maximum Gasteiger partial charge on any atom is 0.277 e. The zero-order valence-corrected chi connectivity index (χ0v) is 19.9. The van der Waals surface area contributed by atoms with E-state index in [1.807, 2.05) is 0 Å². The van der Waals surface area contributed by atoms with Gasteiger partial charge in [-0.3, -0.25) is 39.5 Å². The lowest BCUT2D eigenvalue weighted by Gasteiger charge is -2.30. The Kier molecular flexibility index (Phi) is 6.28. The van der Waals surface area contributed by atoms with Crippen LogP contribution in [0, 0.1) is 26.0 Å². The number of carbonyl (C=O) groups is 3. The fraction of sp³-hybridized carbons (Fsp3) is 0.0741. The third-order valence-corrected chi connectivity index (χ3v) is 6.34. The van der Waals surface area contributed by atoms with Crippen LogP contribution < -0.4 is 4.90 Å². The van der Waals surface area contributed by atoms with E-state index in [9.17, 15) is 39.0 Å². The molecule has 0 saturated heterocycles. The first-order chi connectivity index (χ1) is 18.7. The van der Waals surface area contributed by atoms with E-state index in [-0.39, 0.29) is 18.8 Å². The number of halogens is 1. The summed E-state index contributed by atoms with van der Waals surface area (Å²) in [7, 11) is 0. The average Bonchev–Trinajstić information content (AvgIpc) is 2.92. The number of imide groups is 1. The standard InChI is InChI=1S/C27H17FN4O7/c28-18-6-3-7-19(14-18)29(25(33)17-12-20(31(36)37)15-21(13-17)32(38)39)10-11-30-26(34)22-8-1-4-16-5-2-9-23(24(16)22)27(30)35/h1-9,12-15H,10-11H2. The Morgan fingerprint density at radius 2 is 1.38 bits per heavy atom. The molecule has 0 spiro atoms. The fourth-order valence-electron chi connectivity index (χ4n) is 4.56. The van der Waals surface area contributed by atoms with E-state index in [2.05, 4.69) is 0 Å². The molecule has 12 heteroatoms. The molecule has 1 heterocycles. The van der Waals surface area contributed by atoms with Gasteiger partial charge in [0.25, 0.3) is 29.1 Å². The van der Waals surface area contributed by atoms with Gasteiger partial charge in [0.15, 0.2) is 0 Å². The van der Waals surface area contributed by atoms with Crippen LogP contribution in [0.1, 0.15) is 31.1 Å². The minimum absolute atomic E-state index is 0.0218. The zero-order chi connectivity index (χ0) is 27.8. The van der Waals surface area contributed by atoms with Crippen molar-refractivity contribution in [3.63, 3.8) is 0 Å². The van der Waals surface area contributed by atoms with Crippen molar-refractivity contribution in [2.75, 3.05) is 18.0 Å². The van der Waals surface area contributed by atoms with Gasteiger partial charge in [0.05, 0.1) is 21.5 Å². The number of hydrogen-bond donors (Lipinski definition) is 0. The molecule has 0 fully saturated rings. The van der Waals surface area contributed by atoms with Gasteiger partial charge >= 0.3 is 0 Å². The Balaban J connectivity index is 1.52. The predicted octanol–water partition coefficient (Wildman–Crippen LogP) is 4.74. The fourth-order valence-corrected chi connectivity index (χ4v) is 4.56. The highest BCUT2D eigenvalue weighted by molar-refractivity contribution is 6.25. The molecule has 194 valence electrons. The van der Waals surface area contributed by atoms with Crippen LogP contribution in [0.4, 0.5) is 21.5 Å². The van der Waals surface area contributed by atoms with Gasteiger partial charge in [-0.25, -0.2) is 4.39 Å². The highest BCUT2D eigenvalue weighted by Gasteiger charge is 2.33. The summed E-state index contributed by atoms with van der Waals surface area (Å²) in [4.78, 5) is 63.1. The second-order valence-corrected chi connectivity index (χ2v) is 8.66. The number of non-ortho nitro benzene ring substituents is 2. The van der Waals surface area contributed by atoms with Crippen LogP contribution >= 0.6 is 0 Å². The normalized spacial score (nSPS) is 12.5. The Labute approximate surface area is 219 Å². The van der Waals surface area contributed by atoms with Gasteiger partial charge in [0.1, 0.15) is 5.82 Å². The van der Waals surface area contributed by atoms with E-state index in [0.717, 1.165) is 39.5 Å². The van der Waals surface area contributed by atoms with Crippen molar-refractivity contribution >= 4 is 45.6 Å². The zero-order valence-electron chi connectivity index (χ0n) is 19.9. The molecule has 0 N–H and O–H groups in total. The molecule has 0 aliphatic carbocycles. The van der Waals surface area contributed by atoms with Crippen LogP contribution in [-0.4, -0.2) is 45.6 Å². The largest absolute Gasteiger partial charge is 0.306 e. The summed E-state index contributed by atoms with van der Waals surface area (Å²) < 4.78 is 14.1. The number of benzene rings is 4. The number of nitrogens with zero attached hydrogens (tertiary/aromatic N) is 4. The highest BCUT2D eigenvalue weighted by Crippen LogP contribution is 2.31. The summed E-state index contributed by atoms with van der Waals surface area (Å²) in [6.45, 7) is -0.629. The average molecular weight is 528 g/mol. The molecule has 0 radical (unpaired) electrons. The molecule has 1 aliphatic heterocycles. The second-order valence-electron chi connectivity index (χ2n) is 8.66. The summed E-state index contributed by atoms with van der Waals surface area (Å²) in [5.41, 5.74) is -1.13. The van der Waals surface area contributed by atoms with E-state index in [1.165, 1.54) is 12.1 Å². The maximum absolute atomic E-state index is 14.1. The van der Waals surface area contributed by atoms with Crippen LogP contribution in [0.2, 0.25) is 0 Å². The maximum atomic E-state index is 14.1. The van der Waals surface area contributed by atoms with Gasteiger partial charge in [0.2, 0.25) is 0 Å². The third kappa shape index (κ3) is 4.55. The number of carbonyl (C=O) groups excluding carboxylic acids is 3. The Hall–Kier alpha value is -5.52. The minimum Gasteiger partial charge on any atom is -0.306 e. The Bertz CT molecular complexity index is 1640. The summed E-state index contributed by atoms with van der Waals surface area (Å²) >= 11 is 0. The number of nitro groups is 2. The summed E-state index contributed by atoms with van der Waals surface area (Å²) in [6.07, 6.45) is 0. The van der Waals surface area contributed by atoms with Gasteiger partial charge in [-0.15, -0.1) is 0 Å². The lowest BCUT2D eigenvalue weighted by molar-refractivity contribution is -0.394. The first-order valence-electron chi connectivity index (χ1n) is 11.5. The SMILES string of the molecule is O=C1c2cccc3cccc(c23)C(=O)N1CCN(C(=O)c1cc([N+](=O)[O-])cc([N+](=O)[O-])c1)c1cccc(F)c1. The first kappa shape index (κ1) is 25.1. The van der Waals surface area contributed by atoms with Gasteiger partial charge in [-0.1, -0.05) is 30.3 Å². The van der Waals surface area contributed by atoms with Crippen LogP contribution in [0.25, 0.3) is 10.8 Å². The Morgan fingerprint density at radius 3 is 1.92 bits per heavy atom. The van der Waals surface area contributed by atoms with Gasteiger partial charge in [0, 0.05) is 47.4 Å². The highest BCUT2D eigenvalue weighted by atomic mass is 19.1. The molecular weight excluding hydrogens is 511 g/mol. The molecular formula is C27H17FN4O7. The smallest absolute Gasteiger partial charge is 0.277 e. The van der Waals surface area contributed by atoms with E-state index in [0.29, 0.717) is 22.6 Å². The molecule has 0 unspecified atom stereocenters. The lowest BCUT2D eigenvalue weighted by Crippen LogP contribution is -2.46. The van der Waals surface area contributed by atoms with Crippen molar-refractivity contribution in [3.8, 4) is 0 Å². The van der Waals surface area contributed by atoms with Crippen molar-refractivity contribution in [2.45, 2.75) is 0 Å². The minimum atomic E-state index is -0.924. The monoisotopic (exact) mass is 528 g/mol. The van der Waals surface area contributed by atoms with Gasteiger partial charge in [-0.05, 0) is 35.7 Å². The van der Waals surface area contributed by atoms with Crippen LogP contribution in [0.5, 0.6) is 0 Å². The molecule has 3 amide bonds. The molecule has 1 aliphatic rings. The van der Waals surface area contributed by atoms with E-state index in [4.69, 9.17) is 0 Å². The number of rotatable bonds is 7. The van der Waals surface area contributed by atoms with Crippen molar-refractivity contribution in [2.24, 2.45) is 0 Å². The topological polar surface area (TPSA) is 144 Å². The summed E-state index contributed by atoms with van der Waals surface area (Å²) in [5.74, 6) is -2.78. The molecule has 11 nitrogen and oxygen atoms in total. The van der Waals surface area contributed by atoms with E-state index >= 15 is 0 Å². The number of hydrogen-bond acceptors (Lipinski definition) is 7. The van der Waals surface area contributed by atoms with Crippen molar-refractivity contribution in [3.05, 3.63) is 122 Å². The van der Waals surface area contributed by atoms with Gasteiger partial charge in [-0.2, -0.15) is 0 Å². The number of amides is 3. The molecule has 0 aromatic heterocycles. The quantitative estimate of drug-likeness (QED) is 0.191. The van der Waals surface area contributed by atoms with Crippen LogP contribution in [0.15, 0.2) is 78.9 Å². The number of nitro benzene ring substituents is 2. The molecule has 39 heavy (non-hydrogen) atoms. The van der Waals surface area contributed by atoms with Crippen molar-refractivity contribution in [1.29, 1.82) is 0 Å². The summed E-state index contributed by atoms with van der Waals surface area (Å²) in [6, 6.07) is 17.4. The lowest BCUT2D eigenvalue weighted by atomic mass is 9.94.